The molecule has 0 amide bonds. The van der Waals surface area contributed by atoms with Crippen molar-refractivity contribution in [2.24, 2.45) is 0 Å². The molecule has 1 heterocycles. The predicted octanol–water partition coefficient (Wildman–Crippen LogP) is 2.65. The van der Waals surface area contributed by atoms with Crippen LogP contribution in [0.3, 0.4) is 0 Å². The van der Waals surface area contributed by atoms with Gasteiger partial charge in [0.25, 0.3) is 0 Å². The Hall–Kier alpha value is -1.89. The number of rotatable bonds is 2. The van der Waals surface area contributed by atoms with Crippen molar-refractivity contribution < 1.29 is 23.9 Å². The lowest BCUT2D eigenvalue weighted by Gasteiger charge is -2.03. The van der Waals surface area contributed by atoms with Gasteiger partial charge in [-0.1, -0.05) is 5.16 Å². The molecule has 1 aromatic carbocycles. The highest BCUT2D eigenvalue weighted by atomic mass is 79.9. The monoisotopic (exact) mass is 301 g/mol. The summed E-state index contributed by atoms with van der Waals surface area (Å²) in [6, 6.07) is 3.53. The summed E-state index contributed by atoms with van der Waals surface area (Å²) >= 11 is 3.10. The molecule has 0 saturated heterocycles. The van der Waals surface area contributed by atoms with Crippen LogP contribution >= 0.6 is 15.9 Å². The maximum absolute atomic E-state index is 13.2. The number of carboxylic acid groups (broad SMARTS) is 1. The van der Waals surface area contributed by atoms with E-state index in [-0.39, 0.29) is 17.0 Å². The lowest BCUT2D eigenvalue weighted by atomic mass is 10.1. The quantitative estimate of drug-likeness (QED) is 0.891. The van der Waals surface area contributed by atoms with E-state index in [1.807, 2.05) is 0 Å². The molecule has 0 aliphatic rings. The molecule has 0 radical (unpaired) electrons. The molecule has 2 rings (SSSR count). The van der Waals surface area contributed by atoms with Crippen molar-refractivity contribution in [2.75, 3.05) is 0 Å². The Kier molecular flexibility index (Phi) is 2.84. The van der Waals surface area contributed by atoms with Gasteiger partial charge in [-0.3, -0.25) is 0 Å². The Morgan fingerprint density at radius 3 is 2.76 bits per heavy atom. The standard InChI is InChI=1S/C10H5BrFNO4/c11-4-1-2-5(12)9(14)8(4)7-3-6(10(15)16)13-17-7/h1-3,14H,(H,15,16). The molecule has 17 heavy (non-hydrogen) atoms. The third kappa shape index (κ3) is 2.01. The summed E-state index contributed by atoms with van der Waals surface area (Å²) < 4.78 is 18.3. The van der Waals surface area contributed by atoms with E-state index in [0.29, 0.717) is 4.47 Å². The highest BCUT2D eigenvalue weighted by molar-refractivity contribution is 9.10. The number of aromatic nitrogens is 1. The minimum Gasteiger partial charge on any atom is -0.504 e. The number of hydrogen-bond acceptors (Lipinski definition) is 4. The normalized spacial score (nSPS) is 10.5. The lowest BCUT2D eigenvalue weighted by molar-refractivity contribution is 0.0686. The Morgan fingerprint density at radius 2 is 2.18 bits per heavy atom. The van der Waals surface area contributed by atoms with Crippen LogP contribution in [0.5, 0.6) is 5.75 Å². The van der Waals surface area contributed by atoms with Crippen LogP contribution in [0.15, 0.2) is 27.2 Å². The molecule has 0 aliphatic heterocycles. The van der Waals surface area contributed by atoms with Crippen LogP contribution in [-0.4, -0.2) is 21.3 Å². The van der Waals surface area contributed by atoms with Crippen LogP contribution < -0.4 is 0 Å². The van der Waals surface area contributed by atoms with Gasteiger partial charge in [0.2, 0.25) is 0 Å². The Morgan fingerprint density at radius 1 is 1.47 bits per heavy atom. The minimum absolute atomic E-state index is 0.0185. The van der Waals surface area contributed by atoms with Crippen LogP contribution in [-0.2, 0) is 0 Å². The highest BCUT2D eigenvalue weighted by Crippen LogP contribution is 2.37. The molecule has 0 unspecified atom stereocenters. The van der Waals surface area contributed by atoms with Gasteiger partial charge in [-0.15, -0.1) is 0 Å². The van der Waals surface area contributed by atoms with E-state index in [0.717, 1.165) is 12.1 Å². The Balaban J connectivity index is 2.60. The van der Waals surface area contributed by atoms with Gasteiger partial charge in [-0.05, 0) is 28.1 Å². The molecule has 0 spiro atoms. The number of phenols is 1. The van der Waals surface area contributed by atoms with Crippen molar-refractivity contribution in [3.8, 4) is 17.1 Å². The zero-order valence-electron chi connectivity index (χ0n) is 8.15. The van der Waals surface area contributed by atoms with Crippen molar-refractivity contribution in [3.05, 3.63) is 34.2 Å². The molecule has 5 nitrogen and oxygen atoms in total. The van der Waals surface area contributed by atoms with Gasteiger partial charge >= 0.3 is 5.97 Å². The Bertz CT molecular complexity index is 596. The van der Waals surface area contributed by atoms with E-state index < -0.39 is 17.5 Å². The van der Waals surface area contributed by atoms with Crippen molar-refractivity contribution in [1.29, 1.82) is 0 Å². The summed E-state index contributed by atoms with van der Waals surface area (Å²) in [6.45, 7) is 0. The third-order valence-electron chi connectivity index (χ3n) is 2.05. The van der Waals surface area contributed by atoms with Crippen LogP contribution in [0.1, 0.15) is 10.5 Å². The van der Waals surface area contributed by atoms with Crippen molar-refractivity contribution >= 4 is 21.9 Å². The molecule has 0 atom stereocenters. The van der Waals surface area contributed by atoms with Crippen molar-refractivity contribution in [3.63, 3.8) is 0 Å². The van der Waals surface area contributed by atoms with Crippen LogP contribution in [0.2, 0.25) is 0 Å². The number of carboxylic acids is 1. The van der Waals surface area contributed by atoms with Gasteiger partial charge < -0.3 is 14.7 Å². The number of hydrogen-bond donors (Lipinski definition) is 2. The number of nitrogens with zero attached hydrogens (tertiary/aromatic N) is 1. The molecule has 2 aromatic rings. The molecule has 0 fully saturated rings. The topological polar surface area (TPSA) is 83.6 Å². The summed E-state index contributed by atoms with van der Waals surface area (Å²) in [7, 11) is 0. The number of halogens is 2. The summed E-state index contributed by atoms with van der Waals surface area (Å²) in [5.41, 5.74) is -0.305. The van der Waals surface area contributed by atoms with Crippen LogP contribution in [0.25, 0.3) is 11.3 Å². The highest BCUT2D eigenvalue weighted by Gasteiger charge is 2.19. The fraction of sp³-hybridized carbons (Fsp3) is 0. The third-order valence-corrected chi connectivity index (χ3v) is 2.71. The summed E-state index contributed by atoms with van der Waals surface area (Å²) in [6.07, 6.45) is 0. The first-order valence-corrected chi connectivity index (χ1v) is 5.17. The zero-order chi connectivity index (χ0) is 12.6. The maximum atomic E-state index is 13.2. The number of phenolic OH excluding ortho intramolecular Hbond substituents is 1. The number of aromatic hydroxyl groups is 1. The number of carbonyl (C=O) groups is 1. The molecule has 0 aliphatic carbocycles. The van der Waals surface area contributed by atoms with Gasteiger partial charge in [0.05, 0.1) is 5.56 Å². The molecule has 88 valence electrons. The smallest absolute Gasteiger partial charge is 0.358 e. The summed E-state index contributed by atoms with van der Waals surface area (Å²) in [5, 5.41) is 21.5. The van der Waals surface area contributed by atoms with Crippen LogP contribution in [0, 0.1) is 5.82 Å². The fourth-order valence-electron chi connectivity index (χ4n) is 1.27. The summed E-state index contributed by atoms with van der Waals surface area (Å²) in [5.74, 6) is -2.78. The van der Waals surface area contributed by atoms with Crippen molar-refractivity contribution in [2.45, 2.75) is 0 Å². The molecular formula is C10H5BrFNO4. The molecule has 1 aromatic heterocycles. The second kappa shape index (κ2) is 4.17. The average molecular weight is 302 g/mol. The Labute approximate surface area is 103 Å². The van der Waals surface area contributed by atoms with E-state index in [1.165, 1.54) is 6.07 Å². The van der Waals surface area contributed by atoms with Gasteiger partial charge in [0, 0.05) is 10.5 Å². The predicted molar refractivity (Wildman–Crippen MR) is 58.2 cm³/mol. The van der Waals surface area contributed by atoms with Gasteiger partial charge in [0.15, 0.2) is 23.0 Å². The van der Waals surface area contributed by atoms with E-state index in [2.05, 4.69) is 21.1 Å². The van der Waals surface area contributed by atoms with Crippen molar-refractivity contribution in [1.82, 2.24) is 5.16 Å². The first kappa shape index (κ1) is 11.6. The summed E-state index contributed by atoms with van der Waals surface area (Å²) in [4.78, 5) is 10.6. The first-order chi connectivity index (χ1) is 8.00. The maximum Gasteiger partial charge on any atom is 0.358 e. The van der Waals surface area contributed by atoms with E-state index in [4.69, 9.17) is 9.63 Å². The lowest BCUT2D eigenvalue weighted by Crippen LogP contribution is -1.94. The largest absolute Gasteiger partial charge is 0.504 e. The number of aromatic carboxylic acids is 1. The molecule has 7 heteroatoms. The van der Waals surface area contributed by atoms with E-state index in [9.17, 15) is 14.3 Å². The van der Waals surface area contributed by atoms with Gasteiger partial charge in [-0.2, -0.15) is 0 Å². The van der Waals surface area contributed by atoms with Gasteiger partial charge in [0.1, 0.15) is 0 Å². The average Bonchev–Trinajstić information content (AvgIpc) is 2.73. The molecular weight excluding hydrogens is 297 g/mol. The van der Waals surface area contributed by atoms with Gasteiger partial charge in [-0.25, -0.2) is 9.18 Å². The molecule has 0 saturated carbocycles. The zero-order valence-corrected chi connectivity index (χ0v) is 9.73. The van der Waals surface area contributed by atoms with E-state index >= 15 is 0 Å². The fourth-order valence-corrected chi connectivity index (χ4v) is 1.78. The van der Waals surface area contributed by atoms with Crippen LogP contribution in [0.4, 0.5) is 4.39 Å². The SMILES string of the molecule is O=C(O)c1cc(-c2c(Br)ccc(F)c2O)on1. The second-order valence-electron chi connectivity index (χ2n) is 3.13. The second-order valence-corrected chi connectivity index (χ2v) is 3.99. The molecule has 0 bridgehead atoms. The molecule has 2 N–H and O–H groups in total. The minimum atomic E-state index is -1.27. The first-order valence-electron chi connectivity index (χ1n) is 4.38. The van der Waals surface area contributed by atoms with E-state index in [1.54, 1.807) is 0 Å². The number of benzene rings is 1.